The molecular formula is C22H22F2N8O2. The molecule has 2 bridgehead atoms. The predicted molar refractivity (Wildman–Crippen MR) is 120 cm³/mol. The van der Waals surface area contributed by atoms with Crippen molar-refractivity contribution in [3.8, 4) is 0 Å². The lowest BCUT2D eigenvalue weighted by Crippen LogP contribution is -2.56. The quantitative estimate of drug-likeness (QED) is 0.544. The Morgan fingerprint density at radius 2 is 2.03 bits per heavy atom. The van der Waals surface area contributed by atoms with Gasteiger partial charge in [0.2, 0.25) is 0 Å². The third kappa shape index (κ3) is 3.40. The largest absolute Gasteiger partial charge is 0.366 e. The number of alkyl halides is 2. The van der Waals surface area contributed by atoms with Crippen molar-refractivity contribution in [1.82, 2.24) is 25.5 Å². The van der Waals surface area contributed by atoms with E-state index in [4.69, 9.17) is 0 Å². The number of piperidine rings is 1. The van der Waals surface area contributed by atoms with E-state index in [1.165, 1.54) is 6.07 Å². The highest BCUT2D eigenvalue weighted by atomic mass is 19.3. The maximum atomic E-state index is 13.5. The molecule has 3 aliphatic rings. The highest BCUT2D eigenvalue weighted by molar-refractivity contribution is 6.07. The number of nitrogens with one attached hydrogen (secondary N) is 3. The molecule has 3 amide bonds. The van der Waals surface area contributed by atoms with Gasteiger partial charge in [0, 0.05) is 25.2 Å². The van der Waals surface area contributed by atoms with Crippen molar-refractivity contribution in [2.75, 3.05) is 28.2 Å². The van der Waals surface area contributed by atoms with Gasteiger partial charge in [-0.05, 0) is 44.0 Å². The van der Waals surface area contributed by atoms with Gasteiger partial charge >= 0.3 is 6.03 Å². The maximum absolute atomic E-state index is 13.5. The molecule has 3 aromatic heterocycles. The molecule has 3 aromatic rings. The van der Waals surface area contributed by atoms with Crippen LogP contribution in [0.25, 0.3) is 11.0 Å². The summed E-state index contributed by atoms with van der Waals surface area (Å²) in [6.45, 7) is 3.32. The van der Waals surface area contributed by atoms with Crippen LogP contribution in [0.4, 0.5) is 30.9 Å². The molecule has 1 aliphatic carbocycles. The zero-order valence-corrected chi connectivity index (χ0v) is 18.3. The van der Waals surface area contributed by atoms with Crippen LogP contribution in [0, 0.1) is 6.92 Å². The van der Waals surface area contributed by atoms with Gasteiger partial charge in [0.1, 0.15) is 5.69 Å². The molecule has 10 nitrogen and oxygen atoms in total. The van der Waals surface area contributed by atoms with Crippen molar-refractivity contribution >= 4 is 40.3 Å². The molecule has 2 fully saturated rings. The van der Waals surface area contributed by atoms with Crippen molar-refractivity contribution in [3.63, 3.8) is 0 Å². The van der Waals surface area contributed by atoms with Crippen LogP contribution in [-0.4, -0.2) is 63.2 Å². The number of fused-ring (bicyclic) bond motifs is 5. The fourth-order valence-corrected chi connectivity index (χ4v) is 4.67. The summed E-state index contributed by atoms with van der Waals surface area (Å²) in [7, 11) is 0. The summed E-state index contributed by atoms with van der Waals surface area (Å²) < 4.78 is 26.5. The van der Waals surface area contributed by atoms with Crippen molar-refractivity contribution in [3.05, 3.63) is 35.7 Å². The summed E-state index contributed by atoms with van der Waals surface area (Å²) in [5.41, 5.74) is 2.10. The fourth-order valence-electron chi connectivity index (χ4n) is 4.67. The molecule has 3 N–H and O–H groups in total. The average Bonchev–Trinajstić information content (AvgIpc) is 3.22. The first-order valence-electron chi connectivity index (χ1n) is 11.2. The number of aryl methyl sites for hydroxylation is 1. The Morgan fingerprint density at radius 1 is 1.21 bits per heavy atom. The molecule has 2 atom stereocenters. The van der Waals surface area contributed by atoms with Crippen molar-refractivity contribution < 1.29 is 18.4 Å². The van der Waals surface area contributed by atoms with Crippen LogP contribution in [-0.2, 0) is 0 Å². The van der Waals surface area contributed by atoms with Gasteiger partial charge in [-0.1, -0.05) is 0 Å². The molecule has 2 aliphatic heterocycles. The Bertz CT molecular complexity index is 1330. The zero-order valence-electron chi connectivity index (χ0n) is 18.3. The van der Waals surface area contributed by atoms with Crippen LogP contribution in [0.2, 0.25) is 0 Å². The number of pyridine rings is 2. The lowest BCUT2D eigenvalue weighted by atomic mass is 9.99. The van der Waals surface area contributed by atoms with Gasteiger partial charge in [-0.3, -0.25) is 20.1 Å². The zero-order chi connectivity index (χ0) is 23.6. The van der Waals surface area contributed by atoms with Gasteiger partial charge < -0.3 is 10.2 Å². The van der Waals surface area contributed by atoms with Crippen molar-refractivity contribution in [1.29, 1.82) is 0 Å². The molecule has 12 heteroatoms. The molecule has 5 heterocycles. The van der Waals surface area contributed by atoms with Gasteiger partial charge in [0.25, 0.3) is 11.8 Å². The van der Waals surface area contributed by atoms with Gasteiger partial charge in [0.15, 0.2) is 17.3 Å². The number of aromatic amines is 1. The van der Waals surface area contributed by atoms with E-state index in [-0.39, 0.29) is 18.2 Å². The molecule has 2 unspecified atom stereocenters. The number of hydrogen-bond donors (Lipinski definition) is 3. The average molecular weight is 468 g/mol. The second-order valence-corrected chi connectivity index (χ2v) is 8.99. The first kappa shape index (κ1) is 20.8. The first-order chi connectivity index (χ1) is 16.3. The van der Waals surface area contributed by atoms with E-state index in [0.717, 1.165) is 30.8 Å². The van der Waals surface area contributed by atoms with E-state index in [0.29, 0.717) is 29.2 Å². The number of aromatic nitrogens is 4. The number of H-pyrrole nitrogens is 1. The number of urea groups is 1. The maximum Gasteiger partial charge on any atom is 0.329 e. The summed E-state index contributed by atoms with van der Waals surface area (Å²) in [4.78, 5) is 38.5. The van der Waals surface area contributed by atoms with Gasteiger partial charge in [-0.2, -0.15) is 5.10 Å². The fraction of sp³-hybridized carbons (Fsp3) is 0.409. The number of carbonyl (C=O) groups is 2. The highest BCUT2D eigenvalue weighted by Gasteiger charge is 2.58. The predicted octanol–water partition coefficient (Wildman–Crippen LogP) is 2.82. The molecule has 176 valence electrons. The normalized spacial score (nSPS) is 22.3. The van der Waals surface area contributed by atoms with Crippen molar-refractivity contribution in [2.45, 2.75) is 44.2 Å². The Kier molecular flexibility index (Phi) is 4.48. The molecule has 34 heavy (non-hydrogen) atoms. The van der Waals surface area contributed by atoms with E-state index >= 15 is 0 Å². The highest BCUT2D eigenvalue weighted by Crippen LogP contribution is 2.42. The van der Waals surface area contributed by atoms with E-state index in [2.05, 4.69) is 35.7 Å². The van der Waals surface area contributed by atoms with Crippen LogP contribution >= 0.6 is 0 Å². The van der Waals surface area contributed by atoms with Crippen molar-refractivity contribution in [2.24, 2.45) is 0 Å². The van der Waals surface area contributed by atoms with Crippen LogP contribution in [0.1, 0.15) is 35.4 Å². The lowest BCUT2D eigenvalue weighted by Gasteiger charge is -2.45. The second-order valence-electron chi connectivity index (χ2n) is 8.99. The SMILES string of the molecule is Cc1ccc2c(NC(=O)N3c4nc(C(=O)NC5CC5(F)F)ccc4N4CCCC3C4)n[nH]c2n1. The third-order valence-electron chi connectivity index (χ3n) is 6.56. The van der Waals surface area contributed by atoms with E-state index in [1.54, 1.807) is 11.0 Å². The molecule has 0 spiro atoms. The number of carbonyl (C=O) groups excluding carboxylic acids is 2. The number of nitrogens with zero attached hydrogens (tertiary/aromatic N) is 5. The van der Waals surface area contributed by atoms with Crippen LogP contribution in [0.3, 0.4) is 0 Å². The monoisotopic (exact) mass is 468 g/mol. The summed E-state index contributed by atoms with van der Waals surface area (Å²) in [6, 6.07) is 5.14. The van der Waals surface area contributed by atoms with Gasteiger partial charge in [0.05, 0.1) is 23.2 Å². The number of anilines is 3. The summed E-state index contributed by atoms with van der Waals surface area (Å²) >= 11 is 0. The summed E-state index contributed by atoms with van der Waals surface area (Å²) in [5, 5.41) is 12.9. The topological polar surface area (TPSA) is 119 Å². The van der Waals surface area contributed by atoms with E-state index in [1.807, 2.05) is 19.1 Å². The summed E-state index contributed by atoms with van der Waals surface area (Å²) in [6.07, 6.45) is 1.30. The lowest BCUT2D eigenvalue weighted by molar-refractivity contribution is 0.0845. The van der Waals surface area contributed by atoms with Crippen LogP contribution in [0.5, 0.6) is 0 Å². The number of halogens is 2. The molecular weight excluding hydrogens is 446 g/mol. The number of amides is 3. The minimum Gasteiger partial charge on any atom is -0.366 e. The molecule has 1 saturated heterocycles. The Labute approximate surface area is 192 Å². The van der Waals surface area contributed by atoms with Crippen LogP contribution < -0.4 is 20.4 Å². The van der Waals surface area contributed by atoms with Gasteiger partial charge in [-0.25, -0.2) is 23.5 Å². The Hall–Kier alpha value is -3.83. The number of rotatable bonds is 3. The Balaban J connectivity index is 1.32. The van der Waals surface area contributed by atoms with E-state index < -0.39 is 23.9 Å². The Morgan fingerprint density at radius 3 is 2.82 bits per heavy atom. The minimum atomic E-state index is -2.88. The van der Waals surface area contributed by atoms with Gasteiger partial charge in [-0.15, -0.1) is 0 Å². The number of hydrogen-bond acceptors (Lipinski definition) is 6. The smallest absolute Gasteiger partial charge is 0.329 e. The third-order valence-corrected chi connectivity index (χ3v) is 6.56. The first-order valence-corrected chi connectivity index (χ1v) is 11.2. The summed E-state index contributed by atoms with van der Waals surface area (Å²) in [5.74, 6) is -2.89. The standard InChI is InChI=1S/C22H22F2N8O2/c1-11-4-5-13-17(25-11)29-30-18(13)28-21(34)32-12-3-2-8-31(10-12)15-7-6-14(26-19(15)32)20(33)27-16-9-22(16,23)24/h4-7,12,16H,2-3,8-10H2,1H3,(H,27,33)(H2,25,28,29,30,34). The van der Waals surface area contributed by atoms with Crippen LogP contribution in [0.15, 0.2) is 24.3 Å². The molecule has 1 saturated carbocycles. The second kappa shape index (κ2) is 7.34. The minimum absolute atomic E-state index is 0.00896. The van der Waals surface area contributed by atoms with E-state index in [9.17, 15) is 18.4 Å². The molecule has 6 rings (SSSR count). The molecule has 0 radical (unpaired) electrons. The molecule has 0 aromatic carbocycles.